The third-order valence-electron chi connectivity index (χ3n) is 1.90. The first-order valence-electron chi connectivity index (χ1n) is 4.70. The molecule has 0 aliphatic heterocycles. The van der Waals surface area contributed by atoms with E-state index in [1.807, 2.05) is 32.9 Å². The van der Waals surface area contributed by atoms with Gasteiger partial charge < -0.3 is 4.42 Å². The Labute approximate surface area is 83.8 Å². The molecular formula is C12H13NO. The Hall–Kier alpha value is -1.75. The first-order valence-corrected chi connectivity index (χ1v) is 4.70. The van der Waals surface area contributed by atoms with Gasteiger partial charge in [0.1, 0.15) is 5.58 Å². The molecule has 0 N–H and O–H groups in total. The molecule has 0 aliphatic carbocycles. The van der Waals surface area contributed by atoms with Gasteiger partial charge in [-0.05, 0) is 24.6 Å². The SMILES string of the molecule is CC.Cc1coc2cccc(C#N)c12. The van der Waals surface area contributed by atoms with Crippen molar-refractivity contribution in [2.75, 3.05) is 0 Å². The van der Waals surface area contributed by atoms with Crippen molar-refractivity contribution in [3.05, 3.63) is 35.6 Å². The molecule has 1 aromatic heterocycles. The van der Waals surface area contributed by atoms with Gasteiger partial charge in [-0.25, -0.2) is 0 Å². The third kappa shape index (κ3) is 1.62. The van der Waals surface area contributed by atoms with E-state index < -0.39 is 0 Å². The van der Waals surface area contributed by atoms with Gasteiger partial charge in [0, 0.05) is 5.39 Å². The van der Waals surface area contributed by atoms with E-state index in [4.69, 9.17) is 9.68 Å². The van der Waals surface area contributed by atoms with Crippen molar-refractivity contribution >= 4 is 11.0 Å². The Morgan fingerprint density at radius 2 is 2.00 bits per heavy atom. The quantitative estimate of drug-likeness (QED) is 0.631. The maximum atomic E-state index is 8.79. The minimum absolute atomic E-state index is 0.679. The topological polar surface area (TPSA) is 36.9 Å². The highest BCUT2D eigenvalue weighted by Crippen LogP contribution is 2.23. The summed E-state index contributed by atoms with van der Waals surface area (Å²) in [6, 6.07) is 7.62. The molecule has 14 heavy (non-hydrogen) atoms. The molecule has 1 heterocycles. The number of nitriles is 1. The largest absolute Gasteiger partial charge is 0.464 e. The van der Waals surface area contributed by atoms with Gasteiger partial charge in [0.2, 0.25) is 0 Å². The second-order valence-corrected chi connectivity index (χ2v) is 2.71. The molecule has 2 heteroatoms. The van der Waals surface area contributed by atoms with Crippen molar-refractivity contribution in [3.8, 4) is 6.07 Å². The van der Waals surface area contributed by atoms with Crippen LogP contribution in [0.25, 0.3) is 11.0 Å². The monoisotopic (exact) mass is 187 g/mol. The van der Waals surface area contributed by atoms with Crippen LogP contribution in [0, 0.1) is 18.3 Å². The van der Waals surface area contributed by atoms with Crippen LogP contribution in [0.15, 0.2) is 28.9 Å². The molecule has 0 atom stereocenters. The molecule has 0 radical (unpaired) electrons. The summed E-state index contributed by atoms with van der Waals surface area (Å²) >= 11 is 0. The fraction of sp³-hybridized carbons (Fsp3) is 0.250. The Balaban J connectivity index is 0.000000461. The highest BCUT2D eigenvalue weighted by molar-refractivity contribution is 5.86. The second kappa shape index (κ2) is 4.48. The van der Waals surface area contributed by atoms with Crippen molar-refractivity contribution < 1.29 is 4.42 Å². The van der Waals surface area contributed by atoms with Gasteiger partial charge in [0.25, 0.3) is 0 Å². The number of fused-ring (bicyclic) bond motifs is 1. The lowest BCUT2D eigenvalue weighted by molar-refractivity contribution is 0.613. The van der Waals surface area contributed by atoms with Crippen molar-refractivity contribution in [2.45, 2.75) is 20.8 Å². The zero-order valence-electron chi connectivity index (χ0n) is 8.66. The lowest BCUT2D eigenvalue weighted by Crippen LogP contribution is -1.76. The lowest BCUT2D eigenvalue weighted by atomic mass is 10.1. The number of hydrogen-bond acceptors (Lipinski definition) is 2. The maximum absolute atomic E-state index is 8.79. The fourth-order valence-electron chi connectivity index (χ4n) is 1.34. The first kappa shape index (κ1) is 10.3. The van der Waals surface area contributed by atoms with Crippen LogP contribution >= 0.6 is 0 Å². The molecule has 0 spiro atoms. The maximum Gasteiger partial charge on any atom is 0.135 e. The zero-order valence-corrected chi connectivity index (χ0v) is 8.66. The standard InChI is InChI=1S/C10H7NO.C2H6/c1-7-6-12-9-4-2-3-8(5-11)10(7)9;1-2/h2-4,6H,1H3;1-2H3. The van der Waals surface area contributed by atoms with Crippen LogP contribution in [-0.2, 0) is 0 Å². The number of aryl methyl sites for hydroxylation is 1. The minimum atomic E-state index is 0.679. The molecule has 0 amide bonds. The van der Waals surface area contributed by atoms with E-state index in [-0.39, 0.29) is 0 Å². The Morgan fingerprint density at radius 3 is 2.64 bits per heavy atom. The van der Waals surface area contributed by atoms with Gasteiger partial charge in [0.15, 0.2) is 0 Å². The molecule has 0 saturated heterocycles. The molecule has 72 valence electrons. The van der Waals surface area contributed by atoms with Crippen LogP contribution in [-0.4, -0.2) is 0 Å². The van der Waals surface area contributed by atoms with Gasteiger partial charge in [0.05, 0.1) is 17.9 Å². The average molecular weight is 187 g/mol. The molecule has 2 aromatic rings. The normalized spacial score (nSPS) is 9.00. The van der Waals surface area contributed by atoms with Gasteiger partial charge in [-0.2, -0.15) is 5.26 Å². The molecule has 2 nitrogen and oxygen atoms in total. The van der Waals surface area contributed by atoms with Gasteiger partial charge in [-0.3, -0.25) is 0 Å². The fourth-order valence-corrected chi connectivity index (χ4v) is 1.34. The Morgan fingerprint density at radius 1 is 1.29 bits per heavy atom. The van der Waals surface area contributed by atoms with Crippen LogP contribution in [0.2, 0.25) is 0 Å². The minimum Gasteiger partial charge on any atom is -0.464 e. The summed E-state index contributed by atoms with van der Waals surface area (Å²) in [6.07, 6.45) is 1.67. The van der Waals surface area contributed by atoms with Gasteiger partial charge in [-0.15, -0.1) is 0 Å². The lowest BCUT2D eigenvalue weighted by Gasteiger charge is -1.91. The smallest absolute Gasteiger partial charge is 0.135 e. The van der Waals surface area contributed by atoms with Gasteiger partial charge >= 0.3 is 0 Å². The van der Waals surface area contributed by atoms with Crippen molar-refractivity contribution in [3.63, 3.8) is 0 Å². The molecular weight excluding hydrogens is 174 g/mol. The molecule has 1 aromatic carbocycles. The number of furan rings is 1. The van der Waals surface area contributed by atoms with E-state index in [1.165, 1.54) is 0 Å². The van der Waals surface area contributed by atoms with Crippen LogP contribution < -0.4 is 0 Å². The zero-order chi connectivity index (χ0) is 10.6. The van der Waals surface area contributed by atoms with E-state index in [9.17, 15) is 0 Å². The van der Waals surface area contributed by atoms with E-state index in [0.29, 0.717) is 5.56 Å². The Bertz CT molecular complexity index is 463. The van der Waals surface area contributed by atoms with Crippen LogP contribution in [0.4, 0.5) is 0 Å². The number of benzene rings is 1. The average Bonchev–Trinajstić information content (AvgIpc) is 2.64. The summed E-state index contributed by atoms with van der Waals surface area (Å²) in [4.78, 5) is 0. The van der Waals surface area contributed by atoms with Crippen molar-refractivity contribution in [1.29, 1.82) is 5.26 Å². The molecule has 0 unspecified atom stereocenters. The predicted octanol–water partition coefficient (Wildman–Crippen LogP) is 3.64. The molecule has 0 fully saturated rings. The molecule has 0 saturated carbocycles. The van der Waals surface area contributed by atoms with E-state index in [2.05, 4.69) is 6.07 Å². The number of hydrogen-bond donors (Lipinski definition) is 0. The Kier molecular flexibility index (Phi) is 3.30. The molecule has 0 bridgehead atoms. The summed E-state index contributed by atoms with van der Waals surface area (Å²) in [7, 11) is 0. The van der Waals surface area contributed by atoms with Crippen LogP contribution in [0.5, 0.6) is 0 Å². The number of rotatable bonds is 0. The molecule has 2 rings (SSSR count). The summed E-state index contributed by atoms with van der Waals surface area (Å²) < 4.78 is 5.24. The predicted molar refractivity (Wildman–Crippen MR) is 57.0 cm³/mol. The van der Waals surface area contributed by atoms with Crippen LogP contribution in [0.3, 0.4) is 0 Å². The highest BCUT2D eigenvalue weighted by atomic mass is 16.3. The van der Waals surface area contributed by atoms with E-state index in [1.54, 1.807) is 12.3 Å². The molecule has 0 aliphatic rings. The third-order valence-corrected chi connectivity index (χ3v) is 1.90. The highest BCUT2D eigenvalue weighted by Gasteiger charge is 2.05. The van der Waals surface area contributed by atoms with Crippen LogP contribution in [0.1, 0.15) is 25.0 Å². The summed E-state index contributed by atoms with van der Waals surface area (Å²) in [5, 5.41) is 9.72. The first-order chi connectivity index (χ1) is 6.83. The second-order valence-electron chi connectivity index (χ2n) is 2.71. The summed E-state index contributed by atoms with van der Waals surface area (Å²) in [6.45, 7) is 5.94. The summed E-state index contributed by atoms with van der Waals surface area (Å²) in [5.74, 6) is 0. The van der Waals surface area contributed by atoms with Crippen molar-refractivity contribution in [2.24, 2.45) is 0 Å². The van der Waals surface area contributed by atoms with Gasteiger partial charge in [-0.1, -0.05) is 19.9 Å². The van der Waals surface area contributed by atoms with Crippen molar-refractivity contribution in [1.82, 2.24) is 0 Å². The van der Waals surface area contributed by atoms with E-state index in [0.717, 1.165) is 16.5 Å². The van der Waals surface area contributed by atoms with E-state index >= 15 is 0 Å². The summed E-state index contributed by atoms with van der Waals surface area (Å²) in [5.41, 5.74) is 2.48. The number of nitrogens with zero attached hydrogens (tertiary/aromatic N) is 1.